The van der Waals surface area contributed by atoms with Crippen molar-refractivity contribution in [2.75, 3.05) is 26.2 Å². The molecule has 2 aliphatic rings. The highest BCUT2D eigenvalue weighted by molar-refractivity contribution is 7.89. The Bertz CT molecular complexity index is 738. The number of nitrogens with zero attached hydrogens (tertiary/aromatic N) is 3. The van der Waals surface area contributed by atoms with E-state index in [0.717, 1.165) is 44.3 Å². The summed E-state index contributed by atoms with van der Waals surface area (Å²) in [6.45, 7) is 5.76. The Morgan fingerprint density at radius 2 is 1.74 bits per heavy atom. The quantitative estimate of drug-likeness (QED) is 0.631. The lowest BCUT2D eigenvalue weighted by molar-refractivity contribution is 0.281. The minimum absolute atomic E-state index is 0.366. The van der Waals surface area contributed by atoms with Crippen LogP contribution in [0.3, 0.4) is 0 Å². The summed E-state index contributed by atoms with van der Waals surface area (Å²) in [5, 5.41) is 0. The molecule has 2 aliphatic heterocycles. The van der Waals surface area contributed by atoms with Crippen molar-refractivity contribution >= 4 is 16.0 Å². The smallest absolute Gasteiger partial charge is 0.243 e. The monoisotopic (exact) mass is 392 g/mol. The van der Waals surface area contributed by atoms with Gasteiger partial charge in [0.05, 0.1) is 11.4 Å². The molecule has 1 unspecified atom stereocenters. The first-order valence-corrected chi connectivity index (χ1v) is 11.5. The van der Waals surface area contributed by atoms with E-state index in [1.54, 1.807) is 16.4 Å². The zero-order valence-corrected chi connectivity index (χ0v) is 17.1. The molecule has 7 heteroatoms. The van der Waals surface area contributed by atoms with Crippen LogP contribution in [-0.4, -0.2) is 49.8 Å². The van der Waals surface area contributed by atoms with E-state index in [4.69, 9.17) is 5.73 Å². The summed E-state index contributed by atoms with van der Waals surface area (Å²) >= 11 is 0. The highest BCUT2D eigenvalue weighted by Gasteiger charge is 2.28. The molecule has 2 saturated heterocycles. The second-order valence-electron chi connectivity index (χ2n) is 7.83. The molecule has 0 spiro atoms. The molecule has 0 aromatic heterocycles. The van der Waals surface area contributed by atoms with E-state index in [0.29, 0.717) is 36.4 Å². The Morgan fingerprint density at radius 1 is 1.07 bits per heavy atom. The van der Waals surface area contributed by atoms with Gasteiger partial charge in [-0.1, -0.05) is 31.9 Å². The van der Waals surface area contributed by atoms with Crippen LogP contribution >= 0.6 is 0 Å². The first-order valence-electron chi connectivity index (χ1n) is 10.1. The molecule has 2 heterocycles. The van der Waals surface area contributed by atoms with E-state index in [1.807, 2.05) is 12.1 Å². The molecular formula is C20H32N4O2S. The number of benzene rings is 1. The lowest BCUT2D eigenvalue weighted by Gasteiger charge is -2.30. The van der Waals surface area contributed by atoms with Crippen molar-refractivity contribution in [1.29, 1.82) is 0 Å². The molecule has 0 radical (unpaired) electrons. The molecule has 1 atom stereocenters. The average Bonchev–Trinajstić information content (AvgIpc) is 2.96. The van der Waals surface area contributed by atoms with Gasteiger partial charge in [-0.3, -0.25) is 0 Å². The van der Waals surface area contributed by atoms with Crippen LogP contribution in [-0.2, 0) is 16.6 Å². The SMILES string of the molecule is CC1CCCN(S(=O)(=O)c2ccc(CN=C(N)N3CCCCCC3)cc2)C1. The summed E-state index contributed by atoms with van der Waals surface area (Å²) in [5.41, 5.74) is 7.12. The average molecular weight is 393 g/mol. The third kappa shape index (κ3) is 5.23. The third-order valence-electron chi connectivity index (χ3n) is 5.53. The van der Waals surface area contributed by atoms with E-state index < -0.39 is 10.0 Å². The van der Waals surface area contributed by atoms with E-state index in [-0.39, 0.29) is 0 Å². The normalized spacial score (nSPS) is 23.2. The summed E-state index contributed by atoms with van der Waals surface area (Å²) < 4.78 is 27.3. The van der Waals surface area contributed by atoms with Crippen molar-refractivity contribution in [3.8, 4) is 0 Å². The van der Waals surface area contributed by atoms with Crippen molar-refractivity contribution in [2.24, 2.45) is 16.6 Å². The number of piperidine rings is 1. The Hall–Kier alpha value is -1.60. The van der Waals surface area contributed by atoms with E-state index in [9.17, 15) is 8.42 Å². The fourth-order valence-electron chi connectivity index (χ4n) is 3.85. The van der Waals surface area contributed by atoms with Crippen LogP contribution < -0.4 is 5.73 Å². The van der Waals surface area contributed by atoms with Crippen LogP contribution in [0.5, 0.6) is 0 Å². The molecular weight excluding hydrogens is 360 g/mol. The number of nitrogens with two attached hydrogens (primary N) is 1. The summed E-state index contributed by atoms with van der Waals surface area (Å²) in [4.78, 5) is 7.03. The van der Waals surface area contributed by atoms with Crippen LogP contribution in [0.4, 0.5) is 0 Å². The van der Waals surface area contributed by atoms with Gasteiger partial charge >= 0.3 is 0 Å². The largest absolute Gasteiger partial charge is 0.370 e. The Labute approximate surface area is 163 Å². The Kier molecular flexibility index (Phi) is 6.76. The summed E-state index contributed by atoms with van der Waals surface area (Å²) in [5.74, 6) is 1.01. The fourth-order valence-corrected chi connectivity index (χ4v) is 5.45. The number of sulfonamides is 1. The van der Waals surface area contributed by atoms with Crippen LogP contribution in [0.15, 0.2) is 34.2 Å². The van der Waals surface area contributed by atoms with Gasteiger partial charge in [0.25, 0.3) is 0 Å². The first kappa shape index (κ1) is 20.1. The maximum Gasteiger partial charge on any atom is 0.243 e. The van der Waals surface area contributed by atoms with Gasteiger partial charge in [-0.2, -0.15) is 4.31 Å². The van der Waals surface area contributed by atoms with Gasteiger partial charge in [-0.15, -0.1) is 0 Å². The van der Waals surface area contributed by atoms with Crippen molar-refractivity contribution in [3.63, 3.8) is 0 Å². The number of guanidine groups is 1. The van der Waals surface area contributed by atoms with Gasteiger partial charge in [0.1, 0.15) is 0 Å². The zero-order valence-electron chi connectivity index (χ0n) is 16.3. The van der Waals surface area contributed by atoms with Gasteiger partial charge in [-0.25, -0.2) is 13.4 Å². The van der Waals surface area contributed by atoms with Gasteiger partial charge in [0.15, 0.2) is 5.96 Å². The molecule has 0 amide bonds. The molecule has 1 aromatic rings. The van der Waals surface area contributed by atoms with Crippen LogP contribution in [0.25, 0.3) is 0 Å². The minimum atomic E-state index is -3.40. The first-order chi connectivity index (χ1) is 13.0. The highest BCUT2D eigenvalue weighted by atomic mass is 32.2. The number of aliphatic imine (C=N–C) groups is 1. The molecule has 27 heavy (non-hydrogen) atoms. The second kappa shape index (κ2) is 9.06. The maximum absolute atomic E-state index is 12.8. The van der Waals surface area contributed by atoms with Gasteiger partial charge in [0, 0.05) is 26.2 Å². The van der Waals surface area contributed by atoms with Crippen LogP contribution in [0, 0.1) is 5.92 Å². The van der Waals surface area contributed by atoms with Gasteiger partial charge in [0.2, 0.25) is 10.0 Å². The summed E-state index contributed by atoms with van der Waals surface area (Å²) in [6.07, 6.45) is 6.88. The minimum Gasteiger partial charge on any atom is -0.370 e. The Balaban J connectivity index is 1.63. The van der Waals surface area contributed by atoms with Crippen LogP contribution in [0.1, 0.15) is 51.0 Å². The second-order valence-corrected chi connectivity index (χ2v) is 9.77. The zero-order chi connectivity index (χ0) is 19.3. The maximum atomic E-state index is 12.8. The van der Waals surface area contributed by atoms with Crippen molar-refractivity contribution in [1.82, 2.24) is 9.21 Å². The predicted molar refractivity (Wildman–Crippen MR) is 109 cm³/mol. The van der Waals surface area contributed by atoms with Gasteiger partial charge in [-0.05, 0) is 49.3 Å². The molecule has 3 rings (SSSR count). The summed E-state index contributed by atoms with van der Waals surface area (Å²) in [7, 11) is -3.40. The highest BCUT2D eigenvalue weighted by Crippen LogP contribution is 2.23. The van der Waals surface area contributed by atoms with Gasteiger partial charge < -0.3 is 10.6 Å². The number of rotatable bonds is 4. The molecule has 0 saturated carbocycles. The topological polar surface area (TPSA) is 79.0 Å². The van der Waals surface area contributed by atoms with Crippen molar-refractivity contribution in [3.05, 3.63) is 29.8 Å². The third-order valence-corrected chi connectivity index (χ3v) is 7.41. The van der Waals surface area contributed by atoms with E-state index >= 15 is 0 Å². The molecule has 6 nitrogen and oxygen atoms in total. The molecule has 0 aliphatic carbocycles. The molecule has 1 aromatic carbocycles. The van der Waals surface area contributed by atoms with E-state index in [2.05, 4.69) is 16.8 Å². The number of hydrogen-bond acceptors (Lipinski definition) is 3. The molecule has 150 valence electrons. The number of likely N-dealkylation sites (tertiary alicyclic amines) is 1. The van der Waals surface area contributed by atoms with Crippen molar-refractivity contribution < 1.29 is 8.42 Å². The number of hydrogen-bond donors (Lipinski definition) is 1. The van der Waals surface area contributed by atoms with E-state index in [1.165, 1.54) is 12.8 Å². The van der Waals surface area contributed by atoms with Crippen LogP contribution in [0.2, 0.25) is 0 Å². The summed E-state index contributed by atoms with van der Waals surface area (Å²) in [6, 6.07) is 7.09. The molecule has 0 bridgehead atoms. The lowest BCUT2D eigenvalue weighted by atomic mass is 10.0. The molecule has 2 N–H and O–H groups in total. The molecule has 2 fully saturated rings. The Morgan fingerprint density at radius 3 is 2.37 bits per heavy atom. The standard InChI is InChI=1S/C20H32N4O2S/c1-17-7-6-14-24(16-17)27(25,26)19-10-8-18(9-11-19)15-22-20(21)23-12-4-2-3-5-13-23/h8-11,17H,2-7,12-16H2,1H3,(H2,21,22). The fraction of sp³-hybridized carbons (Fsp3) is 0.650. The predicted octanol–water partition coefficient (Wildman–Crippen LogP) is 2.80. The van der Waals surface area contributed by atoms with Crippen molar-refractivity contribution in [2.45, 2.75) is 56.9 Å². The lowest BCUT2D eigenvalue weighted by Crippen LogP contribution is -2.39.